The van der Waals surface area contributed by atoms with Crippen LogP contribution in [0.4, 0.5) is 0 Å². The van der Waals surface area contributed by atoms with Crippen molar-refractivity contribution in [3.05, 3.63) is 34.9 Å². The van der Waals surface area contributed by atoms with Crippen molar-refractivity contribution in [1.29, 1.82) is 0 Å². The minimum Gasteiger partial charge on any atom is -0.381 e. The summed E-state index contributed by atoms with van der Waals surface area (Å²) in [5.41, 5.74) is 1.23. The van der Waals surface area contributed by atoms with Gasteiger partial charge in [0, 0.05) is 50.3 Å². The van der Waals surface area contributed by atoms with Gasteiger partial charge in [-0.05, 0) is 24.1 Å². The van der Waals surface area contributed by atoms with Crippen molar-refractivity contribution in [2.24, 2.45) is 10.4 Å². The second-order valence-corrected chi connectivity index (χ2v) is 7.81. The van der Waals surface area contributed by atoms with Crippen molar-refractivity contribution in [2.75, 3.05) is 46.4 Å². The van der Waals surface area contributed by atoms with Crippen LogP contribution in [0.25, 0.3) is 0 Å². The van der Waals surface area contributed by atoms with Gasteiger partial charge in [-0.1, -0.05) is 30.7 Å². The van der Waals surface area contributed by atoms with E-state index in [0.717, 1.165) is 44.2 Å². The molecule has 6 nitrogen and oxygen atoms in total. The van der Waals surface area contributed by atoms with Crippen LogP contribution in [0, 0.1) is 5.41 Å². The minimum atomic E-state index is 0. The summed E-state index contributed by atoms with van der Waals surface area (Å²) < 4.78 is 5.50. The third-order valence-corrected chi connectivity index (χ3v) is 5.34. The second kappa shape index (κ2) is 9.93. The van der Waals surface area contributed by atoms with E-state index < -0.39 is 0 Å². The van der Waals surface area contributed by atoms with E-state index in [0.29, 0.717) is 24.7 Å². The highest BCUT2D eigenvalue weighted by atomic mass is 127. The van der Waals surface area contributed by atoms with Gasteiger partial charge in [0.25, 0.3) is 0 Å². The smallest absolute Gasteiger partial charge is 0.242 e. The van der Waals surface area contributed by atoms with Gasteiger partial charge in [-0.2, -0.15) is 0 Å². The molecule has 1 N–H and O–H groups in total. The average Bonchev–Trinajstić information content (AvgIpc) is 3.06. The molecule has 0 radical (unpaired) electrons. The number of carbonyl (C=O) groups excluding carboxylic acids is 1. The minimum absolute atomic E-state index is 0. The van der Waals surface area contributed by atoms with Gasteiger partial charge in [0.1, 0.15) is 0 Å². The number of carbonyl (C=O) groups is 1. The molecular formula is C19H28ClIN4O2. The van der Waals surface area contributed by atoms with Gasteiger partial charge in [-0.25, -0.2) is 0 Å². The zero-order valence-corrected chi connectivity index (χ0v) is 19.0. The number of ether oxygens (including phenoxy) is 1. The summed E-state index contributed by atoms with van der Waals surface area (Å²) in [5.74, 6) is 0.905. The highest BCUT2D eigenvalue weighted by molar-refractivity contribution is 14.0. The molecule has 2 fully saturated rings. The van der Waals surface area contributed by atoms with E-state index in [4.69, 9.17) is 16.3 Å². The molecule has 1 amide bonds. The average molecular weight is 507 g/mol. The van der Waals surface area contributed by atoms with Gasteiger partial charge in [0.05, 0.1) is 13.2 Å². The topological polar surface area (TPSA) is 57.2 Å². The maximum Gasteiger partial charge on any atom is 0.242 e. The molecule has 0 saturated carbocycles. The molecule has 2 aliphatic heterocycles. The van der Waals surface area contributed by atoms with Crippen molar-refractivity contribution < 1.29 is 9.53 Å². The summed E-state index contributed by atoms with van der Waals surface area (Å²) in [7, 11) is 1.76. The largest absolute Gasteiger partial charge is 0.381 e. The summed E-state index contributed by atoms with van der Waals surface area (Å²) in [4.78, 5) is 20.9. The van der Waals surface area contributed by atoms with Crippen LogP contribution in [-0.2, 0) is 16.1 Å². The Morgan fingerprint density at radius 3 is 2.67 bits per heavy atom. The number of aliphatic imine (C=N–C) groups is 1. The monoisotopic (exact) mass is 506 g/mol. The molecule has 150 valence electrons. The summed E-state index contributed by atoms with van der Waals surface area (Å²) >= 11 is 5.92. The van der Waals surface area contributed by atoms with Crippen LogP contribution in [-0.4, -0.2) is 68.1 Å². The molecule has 1 atom stereocenters. The maximum absolute atomic E-state index is 12.6. The van der Waals surface area contributed by atoms with Crippen LogP contribution >= 0.6 is 35.6 Å². The van der Waals surface area contributed by atoms with Crippen molar-refractivity contribution >= 4 is 47.4 Å². The lowest BCUT2D eigenvalue weighted by Gasteiger charge is -2.37. The first-order chi connectivity index (χ1) is 12.5. The normalized spacial score (nSPS) is 23.4. The lowest BCUT2D eigenvalue weighted by atomic mass is 9.90. The molecule has 8 heteroatoms. The lowest BCUT2D eigenvalue weighted by molar-refractivity contribution is -0.135. The molecule has 1 aromatic carbocycles. The molecule has 2 saturated heterocycles. The number of hydrogen-bond donors (Lipinski definition) is 1. The van der Waals surface area contributed by atoms with Gasteiger partial charge < -0.3 is 19.9 Å². The van der Waals surface area contributed by atoms with E-state index in [2.05, 4.69) is 17.2 Å². The third kappa shape index (κ3) is 5.96. The van der Waals surface area contributed by atoms with Gasteiger partial charge in [0.15, 0.2) is 5.96 Å². The molecule has 0 aromatic heterocycles. The molecule has 0 bridgehead atoms. The highest BCUT2D eigenvalue weighted by Gasteiger charge is 2.31. The molecule has 1 aromatic rings. The standard InChI is InChI=1S/C19H27ClN4O2.HI/c1-19(7-10-26-14-19)13-22-18(21-2)24-9-8-23(17(25)12-24)11-15-3-5-16(20)6-4-15;/h3-6H,7-14H2,1-2H3,(H,21,22);1H. The molecular weight excluding hydrogens is 479 g/mol. The molecule has 3 rings (SSSR count). The van der Waals surface area contributed by atoms with E-state index >= 15 is 0 Å². The maximum atomic E-state index is 12.6. The lowest BCUT2D eigenvalue weighted by Crippen LogP contribution is -2.55. The Morgan fingerprint density at radius 2 is 2.07 bits per heavy atom. The fraction of sp³-hybridized carbons (Fsp3) is 0.579. The van der Waals surface area contributed by atoms with Crippen LogP contribution in [0.5, 0.6) is 0 Å². The summed E-state index contributed by atoms with van der Waals surface area (Å²) in [6, 6.07) is 7.65. The van der Waals surface area contributed by atoms with E-state index in [1.54, 1.807) is 7.05 Å². The van der Waals surface area contributed by atoms with Crippen molar-refractivity contribution in [1.82, 2.24) is 15.1 Å². The molecule has 0 aliphatic carbocycles. The third-order valence-electron chi connectivity index (χ3n) is 5.09. The number of benzene rings is 1. The summed E-state index contributed by atoms with van der Waals surface area (Å²) in [5, 5.41) is 4.13. The zero-order valence-electron chi connectivity index (χ0n) is 15.9. The Hall–Kier alpha value is -1.06. The van der Waals surface area contributed by atoms with Crippen molar-refractivity contribution in [2.45, 2.75) is 19.9 Å². The number of piperazine rings is 1. The Balaban J connectivity index is 0.00000261. The number of halogens is 2. The number of nitrogens with zero attached hydrogens (tertiary/aromatic N) is 3. The number of rotatable bonds is 4. The first-order valence-corrected chi connectivity index (χ1v) is 9.42. The predicted octanol–water partition coefficient (Wildman–Crippen LogP) is 2.60. The molecule has 1 unspecified atom stereocenters. The number of amides is 1. The second-order valence-electron chi connectivity index (χ2n) is 7.38. The van der Waals surface area contributed by atoms with Crippen molar-refractivity contribution in [3.8, 4) is 0 Å². The van der Waals surface area contributed by atoms with Crippen LogP contribution < -0.4 is 5.32 Å². The molecule has 2 heterocycles. The Morgan fingerprint density at radius 1 is 1.33 bits per heavy atom. The number of hydrogen-bond acceptors (Lipinski definition) is 3. The van der Waals surface area contributed by atoms with E-state index in [-0.39, 0.29) is 35.3 Å². The SMILES string of the molecule is CN=C(NCC1(C)CCOC1)N1CCN(Cc2ccc(Cl)cc2)C(=O)C1.I. The molecule has 0 spiro atoms. The zero-order chi connectivity index (χ0) is 18.6. The summed E-state index contributed by atoms with van der Waals surface area (Å²) in [6.07, 6.45) is 1.05. The van der Waals surface area contributed by atoms with Crippen molar-refractivity contribution in [3.63, 3.8) is 0 Å². The Bertz CT molecular complexity index is 662. The van der Waals surface area contributed by atoms with Crippen LogP contribution in [0.15, 0.2) is 29.3 Å². The summed E-state index contributed by atoms with van der Waals surface area (Å²) in [6.45, 7) is 7.03. The van der Waals surface area contributed by atoms with Gasteiger partial charge in [-0.3, -0.25) is 9.79 Å². The predicted molar refractivity (Wildman–Crippen MR) is 119 cm³/mol. The fourth-order valence-electron chi connectivity index (χ4n) is 3.34. The Kier molecular flexibility index (Phi) is 8.18. The van der Waals surface area contributed by atoms with E-state index in [1.807, 2.05) is 34.1 Å². The Labute approximate surface area is 183 Å². The van der Waals surface area contributed by atoms with Crippen LogP contribution in [0.2, 0.25) is 5.02 Å². The van der Waals surface area contributed by atoms with Gasteiger partial charge in [0.2, 0.25) is 5.91 Å². The number of nitrogens with one attached hydrogen (secondary N) is 1. The van der Waals surface area contributed by atoms with E-state index in [9.17, 15) is 4.79 Å². The van der Waals surface area contributed by atoms with Gasteiger partial charge in [-0.15, -0.1) is 24.0 Å². The quantitative estimate of drug-likeness (QED) is 0.388. The first kappa shape index (κ1) is 22.2. The number of guanidine groups is 1. The molecule has 2 aliphatic rings. The highest BCUT2D eigenvalue weighted by Crippen LogP contribution is 2.26. The van der Waals surface area contributed by atoms with Crippen LogP contribution in [0.1, 0.15) is 18.9 Å². The van der Waals surface area contributed by atoms with Crippen LogP contribution in [0.3, 0.4) is 0 Å². The fourth-order valence-corrected chi connectivity index (χ4v) is 3.47. The first-order valence-electron chi connectivity index (χ1n) is 9.05. The molecule has 27 heavy (non-hydrogen) atoms. The van der Waals surface area contributed by atoms with Gasteiger partial charge >= 0.3 is 0 Å². The van der Waals surface area contributed by atoms with E-state index in [1.165, 1.54) is 0 Å².